The maximum Gasteiger partial charge on any atom is 0.209 e. The van der Waals surface area contributed by atoms with Crippen LogP contribution in [0.4, 0.5) is 0 Å². The number of pyridine rings is 1. The van der Waals surface area contributed by atoms with Crippen LogP contribution in [0.15, 0.2) is 79.1 Å². The molecule has 36 heavy (non-hydrogen) atoms. The van der Waals surface area contributed by atoms with Gasteiger partial charge in [-0.05, 0) is 85.3 Å². The van der Waals surface area contributed by atoms with Crippen LogP contribution in [0.25, 0.3) is 22.5 Å². The minimum absolute atomic E-state index is 0.166. The van der Waals surface area contributed by atoms with Crippen molar-refractivity contribution >= 4 is 34.1 Å². The maximum atomic E-state index is 13.4. The molecule has 0 unspecified atom stereocenters. The molecule has 3 aromatic heterocycles. The lowest BCUT2D eigenvalue weighted by atomic mass is 10.1. The molecule has 5 aromatic rings. The second kappa shape index (κ2) is 9.23. The fourth-order valence-corrected chi connectivity index (χ4v) is 4.48. The van der Waals surface area contributed by atoms with Crippen LogP contribution in [0, 0.1) is 6.92 Å². The Kier molecular flexibility index (Phi) is 5.94. The standard InChI is InChI=1S/C30H26N2O4/c1-19-13-14-32-27(15-19)25(17-28(32)30(34)20-5-8-22(35-3)9-6-20)29(33)12-7-21-18-31(2)26-11-10-23(36-4)16-24(21)26/h5-18H,1-4H3/b12-7+. The lowest BCUT2D eigenvalue weighted by Gasteiger charge is -2.05. The molecule has 0 atom stereocenters. The maximum absolute atomic E-state index is 13.4. The minimum atomic E-state index is -0.174. The second-order valence-electron chi connectivity index (χ2n) is 8.74. The van der Waals surface area contributed by atoms with Crippen molar-refractivity contribution in [1.82, 2.24) is 8.97 Å². The Morgan fingerprint density at radius 2 is 1.58 bits per heavy atom. The summed E-state index contributed by atoms with van der Waals surface area (Å²) in [5, 5.41) is 0.994. The number of hydrogen-bond donors (Lipinski definition) is 0. The van der Waals surface area contributed by atoms with Gasteiger partial charge in [0.1, 0.15) is 11.5 Å². The first-order valence-corrected chi connectivity index (χ1v) is 11.6. The van der Waals surface area contributed by atoms with Crippen molar-refractivity contribution in [2.45, 2.75) is 6.92 Å². The number of rotatable bonds is 7. The number of fused-ring (bicyclic) bond motifs is 2. The first kappa shape index (κ1) is 23.2. The van der Waals surface area contributed by atoms with Gasteiger partial charge in [-0.1, -0.05) is 0 Å². The minimum Gasteiger partial charge on any atom is -0.497 e. The smallest absolute Gasteiger partial charge is 0.209 e. The summed E-state index contributed by atoms with van der Waals surface area (Å²) in [7, 11) is 5.18. The number of carbonyl (C=O) groups is 2. The summed E-state index contributed by atoms with van der Waals surface area (Å²) < 4.78 is 14.4. The van der Waals surface area contributed by atoms with Crippen molar-refractivity contribution < 1.29 is 19.1 Å². The van der Waals surface area contributed by atoms with E-state index in [1.807, 2.05) is 67.3 Å². The number of hydrogen-bond acceptors (Lipinski definition) is 4. The van der Waals surface area contributed by atoms with Gasteiger partial charge < -0.3 is 18.4 Å². The molecule has 2 aromatic carbocycles. The lowest BCUT2D eigenvalue weighted by Crippen LogP contribution is -2.05. The summed E-state index contributed by atoms with van der Waals surface area (Å²) in [6, 6.07) is 18.4. The third-order valence-corrected chi connectivity index (χ3v) is 6.42. The SMILES string of the molecule is COc1ccc(C(=O)c2cc(C(=O)/C=C/c3cn(C)c4ccc(OC)cc34)c3cc(C)ccn23)cc1. The van der Waals surface area contributed by atoms with Gasteiger partial charge in [0.15, 0.2) is 5.78 Å². The van der Waals surface area contributed by atoms with E-state index < -0.39 is 0 Å². The number of allylic oxidation sites excluding steroid dienone is 1. The Balaban J connectivity index is 1.54. The van der Waals surface area contributed by atoms with Crippen LogP contribution >= 0.6 is 0 Å². The molecular formula is C30H26N2O4. The number of ether oxygens (including phenoxy) is 2. The Morgan fingerprint density at radius 1 is 0.861 bits per heavy atom. The lowest BCUT2D eigenvalue weighted by molar-refractivity contribution is 0.103. The van der Waals surface area contributed by atoms with E-state index in [1.165, 1.54) is 0 Å². The van der Waals surface area contributed by atoms with E-state index in [9.17, 15) is 9.59 Å². The molecular weight excluding hydrogens is 452 g/mol. The predicted molar refractivity (Wildman–Crippen MR) is 141 cm³/mol. The average Bonchev–Trinajstić information content (AvgIpc) is 3.43. The van der Waals surface area contributed by atoms with Crippen LogP contribution < -0.4 is 9.47 Å². The molecule has 0 saturated heterocycles. The van der Waals surface area contributed by atoms with E-state index in [1.54, 1.807) is 55.0 Å². The zero-order valence-corrected chi connectivity index (χ0v) is 20.6. The largest absolute Gasteiger partial charge is 0.497 e. The quantitative estimate of drug-likeness (QED) is 0.216. The summed E-state index contributed by atoms with van der Waals surface area (Å²) in [6.45, 7) is 1.96. The highest BCUT2D eigenvalue weighted by atomic mass is 16.5. The molecule has 0 spiro atoms. The number of nitrogens with zero attached hydrogens (tertiary/aromatic N) is 2. The van der Waals surface area contributed by atoms with Crippen molar-refractivity contribution in [3.8, 4) is 11.5 Å². The summed E-state index contributed by atoms with van der Waals surface area (Å²) in [4.78, 5) is 26.8. The van der Waals surface area contributed by atoms with Gasteiger partial charge in [-0.2, -0.15) is 0 Å². The normalized spacial score (nSPS) is 11.4. The molecule has 180 valence electrons. The Hall–Kier alpha value is -4.58. The molecule has 0 N–H and O–H groups in total. The monoisotopic (exact) mass is 478 g/mol. The molecule has 0 aliphatic rings. The Labute approximate surface area is 209 Å². The first-order chi connectivity index (χ1) is 17.4. The molecule has 5 rings (SSSR count). The topological polar surface area (TPSA) is 61.9 Å². The third-order valence-electron chi connectivity index (χ3n) is 6.42. The van der Waals surface area contributed by atoms with Gasteiger partial charge >= 0.3 is 0 Å². The van der Waals surface area contributed by atoms with E-state index in [0.29, 0.717) is 28.1 Å². The fraction of sp³-hybridized carbons (Fsp3) is 0.133. The van der Waals surface area contributed by atoms with E-state index in [4.69, 9.17) is 9.47 Å². The number of carbonyl (C=O) groups excluding carboxylic acids is 2. The number of benzene rings is 2. The van der Waals surface area contributed by atoms with E-state index in [0.717, 1.165) is 27.8 Å². The molecule has 0 radical (unpaired) electrons. The van der Waals surface area contributed by atoms with Crippen LogP contribution in [0.5, 0.6) is 11.5 Å². The molecule has 0 aliphatic carbocycles. The van der Waals surface area contributed by atoms with Crippen LogP contribution in [0.1, 0.15) is 37.5 Å². The highest BCUT2D eigenvalue weighted by molar-refractivity contribution is 6.16. The highest BCUT2D eigenvalue weighted by Gasteiger charge is 2.20. The zero-order chi connectivity index (χ0) is 25.4. The Morgan fingerprint density at radius 3 is 2.31 bits per heavy atom. The van der Waals surface area contributed by atoms with E-state index in [-0.39, 0.29) is 11.6 Å². The summed E-state index contributed by atoms with van der Waals surface area (Å²) in [5.41, 5.74) is 5.08. The van der Waals surface area contributed by atoms with Crippen molar-refractivity contribution in [2.24, 2.45) is 7.05 Å². The summed E-state index contributed by atoms with van der Waals surface area (Å²) in [6.07, 6.45) is 7.19. The number of aromatic nitrogens is 2. The van der Waals surface area contributed by atoms with Gasteiger partial charge in [0, 0.05) is 47.0 Å². The average molecular weight is 479 g/mol. The van der Waals surface area contributed by atoms with Crippen LogP contribution in [0.3, 0.4) is 0 Å². The van der Waals surface area contributed by atoms with Crippen LogP contribution in [0.2, 0.25) is 0 Å². The molecule has 0 fully saturated rings. The van der Waals surface area contributed by atoms with Gasteiger partial charge in [0.05, 0.1) is 25.4 Å². The van der Waals surface area contributed by atoms with Gasteiger partial charge in [-0.25, -0.2) is 0 Å². The van der Waals surface area contributed by atoms with Gasteiger partial charge in [-0.3, -0.25) is 9.59 Å². The van der Waals surface area contributed by atoms with Crippen LogP contribution in [-0.2, 0) is 7.05 Å². The van der Waals surface area contributed by atoms with Crippen molar-refractivity contribution in [3.63, 3.8) is 0 Å². The summed E-state index contributed by atoms with van der Waals surface area (Å²) in [5.74, 6) is 1.09. The first-order valence-electron chi connectivity index (χ1n) is 11.6. The van der Waals surface area contributed by atoms with Crippen molar-refractivity contribution in [1.29, 1.82) is 0 Å². The van der Waals surface area contributed by atoms with Gasteiger partial charge in [0.2, 0.25) is 5.78 Å². The molecule has 3 heterocycles. The van der Waals surface area contributed by atoms with E-state index >= 15 is 0 Å². The molecule has 6 heteroatoms. The van der Waals surface area contributed by atoms with Crippen LogP contribution in [-0.4, -0.2) is 34.8 Å². The molecule has 0 saturated carbocycles. The van der Waals surface area contributed by atoms with Crippen molar-refractivity contribution in [2.75, 3.05) is 14.2 Å². The van der Waals surface area contributed by atoms with Crippen molar-refractivity contribution in [3.05, 3.63) is 107 Å². The number of ketones is 2. The van der Waals surface area contributed by atoms with E-state index in [2.05, 4.69) is 0 Å². The molecule has 0 amide bonds. The molecule has 0 aliphatic heterocycles. The Bertz CT molecular complexity index is 1650. The zero-order valence-electron chi connectivity index (χ0n) is 20.6. The molecule has 6 nitrogen and oxygen atoms in total. The number of methoxy groups -OCH3 is 2. The fourth-order valence-electron chi connectivity index (χ4n) is 4.48. The van der Waals surface area contributed by atoms with Gasteiger partial charge in [-0.15, -0.1) is 0 Å². The second-order valence-corrected chi connectivity index (χ2v) is 8.74. The molecule has 0 bridgehead atoms. The highest BCUT2D eigenvalue weighted by Crippen LogP contribution is 2.27. The predicted octanol–water partition coefficient (Wildman–Crippen LogP) is 5.88. The summed E-state index contributed by atoms with van der Waals surface area (Å²) >= 11 is 0. The third kappa shape index (κ3) is 4.07. The number of aryl methyl sites for hydroxylation is 2. The van der Waals surface area contributed by atoms with Gasteiger partial charge in [0.25, 0.3) is 0 Å².